The van der Waals surface area contributed by atoms with E-state index < -0.39 is 0 Å². The second kappa shape index (κ2) is 12.5. The van der Waals surface area contributed by atoms with Crippen LogP contribution in [0.4, 0.5) is 0 Å². The molecule has 6 rings (SSSR count). The first kappa shape index (κ1) is 29.3. The summed E-state index contributed by atoms with van der Waals surface area (Å²) in [6.07, 6.45) is 9.26. The van der Waals surface area contributed by atoms with E-state index in [1.54, 1.807) is 0 Å². The van der Waals surface area contributed by atoms with Gasteiger partial charge in [0.1, 0.15) is 5.01 Å². The van der Waals surface area contributed by atoms with Gasteiger partial charge in [0.2, 0.25) is 0 Å². The number of benzene rings is 2. The van der Waals surface area contributed by atoms with Gasteiger partial charge < -0.3 is 4.90 Å². The Bertz CT molecular complexity index is 1710. The molecule has 0 bridgehead atoms. The molecule has 1 amide bonds. The Kier molecular flexibility index (Phi) is 8.49. The highest BCUT2D eigenvalue weighted by Crippen LogP contribution is 2.40. The van der Waals surface area contributed by atoms with Gasteiger partial charge in [0.25, 0.3) is 11.5 Å². The summed E-state index contributed by atoms with van der Waals surface area (Å²) >= 11 is 1.47. The fraction of sp³-hybridized carbons (Fsp3) is 0.378. The third-order valence-electron chi connectivity index (χ3n) is 8.72. The zero-order valence-corrected chi connectivity index (χ0v) is 26.6. The average molecular weight is 592 g/mol. The predicted octanol–water partition coefficient (Wildman–Crippen LogP) is 8.68. The van der Waals surface area contributed by atoms with E-state index in [9.17, 15) is 9.59 Å². The van der Waals surface area contributed by atoms with Gasteiger partial charge in [-0.2, -0.15) is 0 Å². The molecule has 4 aromatic rings. The van der Waals surface area contributed by atoms with Gasteiger partial charge >= 0.3 is 0 Å². The number of amides is 1. The molecule has 3 heterocycles. The van der Waals surface area contributed by atoms with Crippen molar-refractivity contribution in [3.63, 3.8) is 0 Å². The lowest BCUT2D eigenvalue weighted by Crippen LogP contribution is -2.37. The average Bonchev–Trinajstić information content (AvgIpc) is 3.77. The largest absolute Gasteiger partial charge is 0.339 e. The number of carbonyl (C=O) groups excluding carboxylic acids is 1. The molecule has 0 N–H and O–H groups in total. The fourth-order valence-corrected chi connectivity index (χ4v) is 7.07. The summed E-state index contributed by atoms with van der Waals surface area (Å²) in [6.45, 7) is 9.76. The van der Waals surface area contributed by atoms with Crippen LogP contribution in [0, 0.1) is 0 Å². The molecule has 1 aliphatic heterocycles. The molecule has 0 unspecified atom stereocenters. The Morgan fingerprint density at radius 1 is 0.977 bits per heavy atom. The number of carbonyl (C=O) groups is 1. The van der Waals surface area contributed by atoms with Crippen molar-refractivity contribution in [3.8, 4) is 27.5 Å². The molecule has 2 aromatic carbocycles. The maximum atomic E-state index is 14.7. The van der Waals surface area contributed by atoms with Crippen LogP contribution < -0.4 is 5.56 Å². The number of hydrogen-bond acceptors (Lipinski definition) is 4. The van der Waals surface area contributed by atoms with Crippen LogP contribution in [0.25, 0.3) is 33.6 Å². The zero-order chi connectivity index (χ0) is 30.1. The minimum absolute atomic E-state index is 0.0123. The van der Waals surface area contributed by atoms with Crippen LogP contribution >= 0.6 is 11.3 Å². The van der Waals surface area contributed by atoms with E-state index >= 15 is 0 Å². The van der Waals surface area contributed by atoms with Gasteiger partial charge in [0, 0.05) is 24.0 Å². The molecule has 6 heteroatoms. The van der Waals surface area contributed by atoms with E-state index in [2.05, 4.69) is 56.3 Å². The second-order valence-electron chi connectivity index (χ2n) is 12.1. The predicted molar refractivity (Wildman–Crippen MR) is 178 cm³/mol. The first-order chi connectivity index (χ1) is 20.9. The van der Waals surface area contributed by atoms with Crippen LogP contribution in [0.3, 0.4) is 0 Å². The Labute approximate surface area is 258 Å². The number of allylic oxidation sites excluding steroid dienone is 1. The molecule has 2 aliphatic rings. The molecule has 5 nitrogen and oxygen atoms in total. The van der Waals surface area contributed by atoms with Crippen molar-refractivity contribution in [2.24, 2.45) is 0 Å². The molecular formula is C37H41N3O2S. The number of thiazole rings is 1. The van der Waals surface area contributed by atoms with E-state index in [0.717, 1.165) is 78.8 Å². The van der Waals surface area contributed by atoms with Crippen molar-refractivity contribution in [3.05, 3.63) is 97.8 Å². The Morgan fingerprint density at radius 2 is 1.65 bits per heavy atom. The highest BCUT2D eigenvalue weighted by atomic mass is 32.1. The maximum absolute atomic E-state index is 14.7. The first-order valence-electron chi connectivity index (χ1n) is 15.8. The van der Waals surface area contributed by atoms with Crippen molar-refractivity contribution >= 4 is 23.3 Å². The molecule has 1 saturated heterocycles. The van der Waals surface area contributed by atoms with Gasteiger partial charge in [-0.15, -0.1) is 11.3 Å². The van der Waals surface area contributed by atoms with Crippen molar-refractivity contribution in [1.82, 2.24) is 14.5 Å². The minimum atomic E-state index is -0.136. The first-order valence-corrected chi connectivity index (χ1v) is 16.7. The smallest absolute Gasteiger partial charge is 0.265 e. The van der Waals surface area contributed by atoms with Gasteiger partial charge in [0.15, 0.2) is 0 Å². The van der Waals surface area contributed by atoms with E-state index in [-0.39, 0.29) is 11.5 Å². The number of nitrogens with zero attached hydrogens (tertiary/aromatic N) is 3. The highest BCUT2D eigenvalue weighted by molar-refractivity contribution is 7.13. The maximum Gasteiger partial charge on any atom is 0.265 e. The molecule has 0 radical (unpaired) electrons. The standard InChI is InChI=1S/C37H41N3O2S/c1-5-25-11-10-12-26(6-2)34(25)40-33(21-24(3)4)30(36(41)39-19-8-7-9-20-39)22-31(37(40)42)35-38-32(23-43-35)29-17-15-28(16-18-29)27-13-14-27/h10-12,15-18,21-23,27H,5-9,13-14,19-20H2,1-4H3. The van der Waals surface area contributed by atoms with Crippen LogP contribution in [-0.2, 0) is 12.8 Å². The number of para-hydroxylation sites is 1. The number of piperidine rings is 1. The van der Waals surface area contributed by atoms with Crippen LogP contribution in [-0.4, -0.2) is 33.4 Å². The summed E-state index contributed by atoms with van der Waals surface area (Å²) in [5.41, 5.74) is 8.97. The van der Waals surface area contributed by atoms with E-state index in [1.165, 1.54) is 29.7 Å². The third-order valence-corrected chi connectivity index (χ3v) is 9.59. The Balaban J connectivity index is 1.58. The minimum Gasteiger partial charge on any atom is -0.339 e. The van der Waals surface area contributed by atoms with Gasteiger partial charge in [-0.25, -0.2) is 4.98 Å². The summed E-state index contributed by atoms with van der Waals surface area (Å²) in [4.78, 5) is 35.9. The molecular weight excluding hydrogens is 550 g/mol. The van der Waals surface area contributed by atoms with Crippen molar-refractivity contribution < 1.29 is 4.79 Å². The molecule has 1 aliphatic carbocycles. The molecule has 222 valence electrons. The zero-order valence-electron chi connectivity index (χ0n) is 25.8. The highest BCUT2D eigenvalue weighted by Gasteiger charge is 2.28. The fourth-order valence-electron chi connectivity index (χ4n) is 6.23. The van der Waals surface area contributed by atoms with Crippen molar-refractivity contribution in [2.75, 3.05) is 13.1 Å². The van der Waals surface area contributed by atoms with Crippen LogP contribution in [0.1, 0.15) is 98.5 Å². The van der Waals surface area contributed by atoms with E-state index in [0.29, 0.717) is 27.7 Å². The normalized spacial score (nSPS) is 15.0. The van der Waals surface area contributed by atoms with E-state index in [4.69, 9.17) is 4.98 Å². The van der Waals surface area contributed by atoms with Crippen molar-refractivity contribution in [2.45, 2.75) is 78.6 Å². The number of likely N-dealkylation sites (tertiary alicyclic amines) is 1. The van der Waals surface area contributed by atoms with E-state index in [1.807, 2.05) is 40.8 Å². The molecule has 0 atom stereocenters. The lowest BCUT2D eigenvalue weighted by Gasteiger charge is -2.28. The summed E-state index contributed by atoms with van der Waals surface area (Å²) in [7, 11) is 0. The third kappa shape index (κ3) is 5.90. The monoisotopic (exact) mass is 591 g/mol. The molecule has 43 heavy (non-hydrogen) atoms. The number of rotatable bonds is 8. The summed E-state index contributed by atoms with van der Waals surface area (Å²) < 4.78 is 1.82. The molecule has 2 fully saturated rings. The molecule has 1 saturated carbocycles. The van der Waals surface area contributed by atoms with Crippen molar-refractivity contribution in [1.29, 1.82) is 0 Å². The summed E-state index contributed by atoms with van der Waals surface area (Å²) in [6, 6.07) is 16.8. The van der Waals surface area contributed by atoms with Gasteiger partial charge in [-0.05, 0) is 93.5 Å². The molecule has 2 aromatic heterocycles. The summed E-state index contributed by atoms with van der Waals surface area (Å²) in [5, 5.41) is 2.67. The lowest BCUT2D eigenvalue weighted by molar-refractivity contribution is 0.0723. The number of pyridine rings is 1. The number of hydrogen-bond donors (Lipinski definition) is 0. The molecule has 0 spiro atoms. The number of aromatic nitrogens is 2. The lowest BCUT2D eigenvalue weighted by atomic mass is 9.99. The van der Waals surface area contributed by atoms with Gasteiger partial charge in [-0.3, -0.25) is 14.2 Å². The number of aryl methyl sites for hydroxylation is 2. The Hall–Kier alpha value is -3.77. The van der Waals surface area contributed by atoms with Gasteiger partial charge in [0.05, 0.1) is 28.2 Å². The quantitative estimate of drug-likeness (QED) is 0.206. The summed E-state index contributed by atoms with van der Waals surface area (Å²) in [5.74, 6) is 0.689. The Morgan fingerprint density at radius 3 is 2.26 bits per heavy atom. The van der Waals surface area contributed by atoms with Crippen LogP contribution in [0.15, 0.2) is 64.3 Å². The van der Waals surface area contributed by atoms with Crippen LogP contribution in [0.2, 0.25) is 0 Å². The van der Waals surface area contributed by atoms with Gasteiger partial charge in [-0.1, -0.05) is 61.9 Å². The SMILES string of the molecule is CCc1cccc(CC)c1-n1c(C=C(C)C)c(C(=O)N2CCCCC2)cc(-c2nc(-c3ccc(C4CC4)cc3)cs2)c1=O. The topological polar surface area (TPSA) is 55.2 Å². The second-order valence-corrected chi connectivity index (χ2v) is 13.0. The van der Waals surface area contributed by atoms with Crippen LogP contribution in [0.5, 0.6) is 0 Å².